The standard InChI is InChI=1S/C18H20Cl2N2O4/c1-2-26-18(25)11-4-3-7-21(10-11)15-9-16(23)22(17(15)24)12-5-6-13(19)14(20)8-12/h5-6,8,11,15H,2-4,7,9-10H2,1H3/t11-,15-/m1/s1. The zero-order valence-corrected chi connectivity index (χ0v) is 15.9. The lowest BCUT2D eigenvalue weighted by Crippen LogP contribution is -2.48. The van der Waals surface area contributed by atoms with Gasteiger partial charge in [-0.05, 0) is 44.5 Å². The van der Waals surface area contributed by atoms with Crippen molar-refractivity contribution in [3.05, 3.63) is 28.2 Å². The number of halogens is 2. The van der Waals surface area contributed by atoms with Gasteiger partial charge in [0.2, 0.25) is 5.91 Å². The highest BCUT2D eigenvalue weighted by atomic mass is 35.5. The molecule has 3 rings (SSSR count). The highest BCUT2D eigenvalue weighted by Crippen LogP contribution is 2.32. The van der Waals surface area contributed by atoms with E-state index in [1.165, 1.54) is 6.07 Å². The topological polar surface area (TPSA) is 66.9 Å². The maximum Gasteiger partial charge on any atom is 0.310 e. The summed E-state index contributed by atoms with van der Waals surface area (Å²) in [7, 11) is 0. The van der Waals surface area contributed by atoms with Gasteiger partial charge in [-0.1, -0.05) is 23.2 Å². The molecule has 2 saturated heterocycles. The number of ether oxygens (including phenoxy) is 1. The number of hydrogen-bond donors (Lipinski definition) is 0. The van der Waals surface area contributed by atoms with Gasteiger partial charge in [-0.15, -0.1) is 0 Å². The molecule has 0 aliphatic carbocycles. The average Bonchev–Trinajstić information content (AvgIpc) is 2.92. The number of imide groups is 1. The Morgan fingerprint density at radius 2 is 2.04 bits per heavy atom. The van der Waals surface area contributed by atoms with Crippen molar-refractivity contribution in [2.75, 3.05) is 24.6 Å². The fourth-order valence-electron chi connectivity index (χ4n) is 3.54. The third-order valence-electron chi connectivity index (χ3n) is 4.80. The highest BCUT2D eigenvalue weighted by molar-refractivity contribution is 6.42. The van der Waals surface area contributed by atoms with Crippen LogP contribution in [0.5, 0.6) is 0 Å². The smallest absolute Gasteiger partial charge is 0.310 e. The van der Waals surface area contributed by atoms with Crippen LogP contribution in [0.25, 0.3) is 0 Å². The van der Waals surface area contributed by atoms with Gasteiger partial charge in [0.1, 0.15) is 0 Å². The molecule has 2 aliphatic heterocycles. The highest BCUT2D eigenvalue weighted by Gasteiger charge is 2.44. The molecule has 2 fully saturated rings. The van der Waals surface area contributed by atoms with Crippen LogP contribution in [0.1, 0.15) is 26.2 Å². The molecule has 2 heterocycles. The Kier molecular flexibility index (Phi) is 5.85. The van der Waals surface area contributed by atoms with Gasteiger partial charge in [-0.25, -0.2) is 4.90 Å². The van der Waals surface area contributed by atoms with Crippen LogP contribution >= 0.6 is 23.2 Å². The minimum atomic E-state index is -0.561. The van der Waals surface area contributed by atoms with Crippen LogP contribution in [-0.2, 0) is 19.1 Å². The molecule has 0 N–H and O–H groups in total. The number of likely N-dealkylation sites (tertiary alicyclic amines) is 1. The number of piperidine rings is 1. The maximum absolute atomic E-state index is 12.9. The minimum Gasteiger partial charge on any atom is -0.466 e. The number of nitrogens with zero attached hydrogens (tertiary/aromatic N) is 2. The Morgan fingerprint density at radius 3 is 2.73 bits per heavy atom. The molecule has 2 amide bonds. The number of amides is 2. The molecule has 0 spiro atoms. The molecule has 1 aromatic carbocycles. The van der Waals surface area contributed by atoms with Gasteiger partial charge >= 0.3 is 5.97 Å². The molecule has 2 atom stereocenters. The second-order valence-electron chi connectivity index (χ2n) is 6.47. The van der Waals surface area contributed by atoms with E-state index in [-0.39, 0.29) is 35.1 Å². The van der Waals surface area contributed by atoms with Gasteiger partial charge in [-0.2, -0.15) is 0 Å². The summed E-state index contributed by atoms with van der Waals surface area (Å²) in [4.78, 5) is 40.4. The molecule has 0 unspecified atom stereocenters. The largest absolute Gasteiger partial charge is 0.466 e. The Balaban J connectivity index is 1.75. The van der Waals surface area contributed by atoms with Crippen molar-refractivity contribution >= 4 is 46.7 Å². The molecule has 8 heteroatoms. The van der Waals surface area contributed by atoms with Crippen molar-refractivity contribution in [2.24, 2.45) is 5.92 Å². The summed E-state index contributed by atoms with van der Waals surface area (Å²) in [5.74, 6) is -1.07. The van der Waals surface area contributed by atoms with E-state index < -0.39 is 6.04 Å². The van der Waals surface area contributed by atoms with E-state index in [1.807, 2.05) is 4.90 Å². The summed E-state index contributed by atoms with van der Waals surface area (Å²) in [6, 6.07) is 4.11. The molecule has 140 valence electrons. The average molecular weight is 399 g/mol. The molecule has 0 bridgehead atoms. The molecular weight excluding hydrogens is 379 g/mol. The Bertz CT molecular complexity index is 740. The molecule has 1 aromatic rings. The van der Waals surface area contributed by atoms with Crippen LogP contribution in [0.2, 0.25) is 10.0 Å². The molecular formula is C18H20Cl2N2O4. The molecule has 0 saturated carbocycles. The lowest BCUT2D eigenvalue weighted by molar-refractivity contribution is -0.150. The number of carbonyl (C=O) groups is 3. The molecule has 2 aliphatic rings. The summed E-state index contributed by atoms with van der Waals surface area (Å²) < 4.78 is 5.10. The van der Waals surface area contributed by atoms with Gasteiger partial charge < -0.3 is 4.74 Å². The predicted octanol–water partition coefficient (Wildman–Crippen LogP) is 2.90. The van der Waals surface area contributed by atoms with Gasteiger partial charge in [0.05, 0.1) is 40.7 Å². The molecule has 0 aromatic heterocycles. The van der Waals surface area contributed by atoms with Crippen LogP contribution in [0.3, 0.4) is 0 Å². The summed E-state index contributed by atoms with van der Waals surface area (Å²) in [6.45, 7) is 3.21. The first-order chi connectivity index (χ1) is 12.4. The van der Waals surface area contributed by atoms with Crippen molar-refractivity contribution in [1.29, 1.82) is 0 Å². The van der Waals surface area contributed by atoms with Crippen molar-refractivity contribution < 1.29 is 19.1 Å². The van der Waals surface area contributed by atoms with E-state index >= 15 is 0 Å². The van der Waals surface area contributed by atoms with Crippen LogP contribution in [0.4, 0.5) is 5.69 Å². The normalized spacial score (nSPS) is 24.2. The number of benzene rings is 1. The number of anilines is 1. The van der Waals surface area contributed by atoms with Crippen LogP contribution < -0.4 is 4.90 Å². The second-order valence-corrected chi connectivity index (χ2v) is 7.29. The first kappa shape index (κ1) is 19.1. The lowest BCUT2D eigenvalue weighted by Gasteiger charge is -2.34. The third kappa shape index (κ3) is 3.72. The van der Waals surface area contributed by atoms with E-state index in [0.717, 1.165) is 17.7 Å². The fourth-order valence-corrected chi connectivity index (χ4v) is 3.83. The zero-order valence-electron chi connectivity index (χ0n) is 14.4. The molecule has 0 radical (unpaired) electrons. The van der Waals surface area contributed by atoms with E-state index in [0.29, 0.717) is 30.4 Å². The summed E-state index contributed by atoms with van der Waals surface area (Å²) in [5.41, 5.74) is 0.413. The van der Waals surface area contributed by atoms with Crippen molar-refractivity contribution in [3.8, 4) is 0 Å². The summed E-state index contributed by atoms with van der Waals surface area (Å²) in [6.07, 6.45) is 1.61. The SMILES string of the molecule is CCOC(=O)[C@@H]1CCCN([C@@H]2CC(=O)N(c3ccc(Cl)c(Cl)c3)C2=O)C1. The summed E-state index contributed by atoms with van der Waals surface area (Å²) in [5, 5.41) is 0.646. The summed E-state index contributed by atoms with van der Waals surface area (Å²) >= 11 is 11.9. The van der Waals surface area contributed by atoms with Gasteiger partial charge in [0.25, 0.3) is 5.91 Å². The van der Waals surface area contributed by atoms with Crippen molar-refractivity contribution in [1.82, 2.24) is 4.90 Å². The Morgan fingerprint density at radius 1 is 1.27 bits per heavy atom. The predicted molar refractivity (Wildman–Crippen MR) is 98.3 cm³/mol. The number of hydrogen-bond acceptors (Lipinski definition) is 5. The lowest BCUT2D eigenvalue weighted by atomic mass is 9.96. The molecule has 26 heavy (non-hydrogen) atoms. The Labute approximate surface area is 162 Å². The quantitative estimate of drug-likeness (QED) is 0.576. The fraction of sp³-hybridized carbons (Fsp3) is 0.500. The first-order valence-electron chi connectivity index (χ1n) is 8.65. The number of carbonyl (C=O) groups excluding carboxylic acids is 3. The van der Waals surface area contributed by atoms with E-state index in [1.54, 1.807) is 19.1 Å². The van der Waals surface area contributed by atoms with Crippen LogP contribution in [0, 0.1) is 5.92 Å². The van der Waals surface area contributed by atoms with Crippen LogP contribution in [0.15, 0.2) is 18.2 Å². The van der Waals surface area contributed by atoms with E-state index in [9.17, 15) is 14.4 Å². The maximum atomic E-state index is 12.9. The number of esters is 1. The second kappa shape index (κ2) is 7.94. The minimum absolute atomic E-state index is 0.0919. The monoisotopic (exact) mass is 398 g/mol. The van der Waals surface area contributed by atoms with Gasteiger partial charge in [-0.3, -0.25) is 19.3 Å². The number of rotatable bonds is 4. The van der Waals surface area contributed by atoms with Gasteiger partial charge in [0.15, 0.2) is 0 Å². The van der Waals surface area contributed by atoms with E-state index in [4.69, 9.17) is 27.9 Å². The Hall–Kier alpha value is -1.63. The van der Waals surface area contributed by atoms with Gasteiger partial charge in [0, 0.05) is 6.54 Å². The van der Waals surface area contributed by atoms with E-state index in [2.05, 4.69) is 0 Å². The van der Waals surface area contributed by atoms with Crippen molar-refractivity contribution in [2.45, 2.75) is 32.2 Å². The van der Waals surface area contributed by atoms with Crippen LogP contribution in [-0.4, -0.2) is 48.4 Å². The third-order valence-corrected chi connectivity index (χ3v) is 5.54. The zero-order chi connectivity index (χ0) is 18.8. The van der Waals surface area contributed by atoms with Crippen molar-refractivity contribution in [3.63, 3.8) is 0 Å². The molecule has 6 nitrogen and oxygen atoms in total. The first-order valence-corrected chi connectivity index (χ1v) is 9.40.